The molecule has 2 amide bonds. The first-order valence-electron chi connectivity index (χ1n) is 16.3. The summed E-state index contributed by atoms with van der Waals surface area (Å²) >= 11 is 6.38. The quantitative estimate of drug-likeness (QED) is 0.123. The molecule has 6 rings (SSSR count). The monoisotopic (exact) mass is 691 g/mol. The lowest BCUT2D eigenvalue weighted by Crippen LogP contribution is -2.44. The molecular formula is C39H38ClN5O5. The summed E-state index contributed by atoms with van der Waals surface area (Å²) in [4.78, 5) is 28.5. The molecule has 0 saturated carbocycles. The van der Waals surface area contributed by atoms with Crippen LogP contribution in [-0.2, 0) is 23.5 Å². The number of aromatic nitrogens is 3. The molecule has 5 aromatic rings. The number of aliphatic hydroxyl groups is 2. The first kappa shape index (κ1) is 34.6. The molecule has 3 atom stereocenters. The lowest BCUT2D eigenvalue weighted by molar-refractivity contribution is -0.139. The third-order valence-electron chi connectivity index (χ3n) is 9.02. The van der Waals surface area contributed by atoms with Gasteiger partial charge in [-0.1, -0.05) is 78.4 Å². The lowest BCUT2D eigenvalue weighted by Gasteiger charge is -2.27. The summed E-state index contributed by atoms with van der Waals surface area (Å²) in [7, 11) is 1.57. The Labute approximate surface area is 295 Å². The van der Waals surface area contributed by atoms with Crippen molar-refractivity contribution in [2.45, 2.75) is 38.0 Å². The number of ether oxygens (including phenoxy) is 1. The Morgan fingerprint density at radius 3 is 2.56 bits per heavy atom. The van der Waals surface area contributed by atoms with Crippen molar-refractivity contribution in [1.29, 1.82) is 0 Å². The zero-order valence-corrected chi connectivity index (χ0v) is 28.5. The lowest BCUT2D eigenvalue weighted by atomic mass is 9.83. The molecule has 256 valence electrons. The van der Waals surface area contributed by atoms with Crippen LogP contribution in [0.15, 0.2) is 115 Å². The molecule has 0 radical (unpaired) electrons. The van der Waals surface area contributed by atoms with Crippen molar-refractivity contribution in [1.82, 2.24) is 15.0 Å². The number of hydrogen-bond acceptors (Lipinski definition) is 7. The van der Waals surface area contributed by atoms with Gasteiger partial charge in [0.25, 0.3) is 11.8 Å². The minimum absolute atomic E-state index is 0.0815. The second-order valence-corrected chi connectivity index (χ2v) is 12.7. The number of carbonyl (C=O) groups is 2. The number of halogens is 1. The van der Waals surface area contributed by atoms with Crippen molar-refractivity contribution in [2.24, 2.45) is 5.92 Å². The molecule has 50 heavy (non-hydrogen) atoms. The zero-order valence-electron chi connectivity index (χ0n) is 27.7. The van der Waals surface area contributed by atoms with Crippen molar-refractivity contribution in [3.63, 3.8) is 0 Å². The number of allylic oxidation sites excluding steroid dienone is 1. The molecule has 11 heteroatoms. The molecule has 0 fully saturated rings. The predicted molar refractivity (Wildman–Crippen MR) is 192 cm³/mol. The number of nitrogens with one attached hydrogen (secondary N) is 1. The highest BCUT2D eigenvalue weighted by atomic mass is 35.5. The van der Waals surface area contributed by atoms with Gasteiger partial charge in [-0.15, -0.1) is 5.10 Å². The fraction of sp³-hybridized carbons (Fsp3) is 0.231. The average molecular weight is 692 g/mol. The molecule has 3 N–H and O–H groups in total. The smallest absolute Gasteiger partial charge is 0.264 e. The topological polar surface area (TPSA) is 130 Å². The van der Waals surface area contributed by atoms with Crippen molar-refractivity contribution in [2.75, 3.05) is 23.9 Å². The predicted octanol–water partition coefficient (Wildman–Crippen LogP) is 6.33. The minimum atomic E-state index is -1.85. The minimum Gasteiger partial charge on any atom is -0.497 e. The summed E-state index contributed by atoms with van der Waals surface area (Å²) in [5, 5.41) is 33.9. The summed E-state index contributed by atoms with van der Waals surface area (Å²) in [5.41, 5.74) is 2.63. The SMILES string of the molecule is COc1ccc(C(=O)Nc2cccc(CN3C(=O)[C@@](O)([C@@H](C)/C=C/CCn4cc(C(CO)c5ccccc5)nn4)c4cc(Cl)ccc43)c2)cc1. The van der Waals surface area contributed by atoms with Crippen LogP contribution in [0.3, 0.4) is 0 Å². The highest BCUT2D eigenvalue weighted by Crippen LogP contribution is 2.46. The van der Waals surface area contributed by atoms with Crippen LogP contribution < -0.4 is 15.0 Å². The van der Waals surface area contributed by atoms with Crippen molar-refractivity contribution in [3.8, 4) is 5.75 Å². The Balaban J connectivity index is 1.13. The van der Waals surface area contributed by atoms with E-state index in [0.29, 0.717) is 51.9 Å². The van der Waals surface area contributed by atoms with Gasteiger partial charge >= 0.3 is 0 Å². The first-order chi connectivity index (χ1) is 24.2. The standard InChI is InChI=1S/C39H38ClN5O5/c1-26(9-6-7-20-44-24-35(42-43-44)33(25-46)28-11-4-3-5-12-28)39(49)34-22-30(40)16-19-36(34)45(38(39)48)23-27-10-8-13-31(21-27)41-37(47)29-14-17-32(50-2)18-15-29/h3-6,8-19,21-22,24,26,33,46,49H,7,20,23,25H2,1-2H3,(H,41,47)/b9-6+/t26-,33?,39+/m0/s1. The van der Waals surface area contributed by atoms with E-state index in [9.17, 15) is 19.8 Å². The fourth-order valence-corrected chi connectivity index (χ4v) is 6.41. The van der Waals surface area contributed by atoms with E-state index >= 15 is 0 Å². The van der Waals surface area contributed by atoms with Crippen LogP contribution in [0.2, 0.25) is 5.02 Å². The number of anilines is 2. The van der Waals surface area contributed by atoms with Gasteiger partial charge in [0.1, 0.15) is 5.75 Å². The number of carbonyl (C=O) groups excluding carboxylic acids is 2. The molecule has 10 nitrogen and oxygen atoms in total. The van der Waals surface area contributed by atoms with Gasteiger partial charge in [0.15, 0.2) is 5.60 Å². The summed E-state index contributed by atoms with van der Waals surface area (Å²) in [6, 6.07) is 28.8. The molecule has 1 aromatic heterocycles. The molecule has 1 unspecified atom stereocenters. The highest BCUT2D eigenvalue weighted by Gasteiger charge is 2.52. The van der Waals surface area contributed by atoms with Crippen LogP contribution in [0.1, 0.15) is 52.0 Å². The van der Waals surface area contributed by atoms with Crippen LogP contribution in [0.4, 0.5) is 11.4 Å². The van der Waals surface area contributed by atoms with Crippen molar-refractivity contribution in [3.05, 3.63) is 148 Å². The van der Waals surface area contributed by atoms with E-state index in [1.165, 1.54) is 0 Å². The summed E-state index contributed by atoms with van der Waals surface area (Å²) in [5.74, 6) is -0.934. The molecule has 1 aliphatic heterocycles. The van der Waals surface area contributed by atoms with Gasteiger partial charge in [0.05, 0.1) is 37.6 Å². The number of benzene rings is 4. The number of aliphatic hydroxyl groups excluding tert-OH is 1. The number of nitrogens with zero attached hydrogens (tertiary/aromatic N) is 4. The molecular weight excluding hydrogens is 654 g/mol. The Bertz CT molecular complexity index is 2000. The van der Waals surface area contributed by atoms with E-state index < -0.39 is 17.4 Å². The number of rotatable bonds is 13. The zero-order chi connectivity index (χ0) is 35.3. The number of methoxy groups -OCH3 is 1. The Hall–Kier alpha value is -5.29. The highest BCUT2D eigenvalue weighted by molar-refractivity contribution is 6.31. The van der Waals surface area contributed by atoms with Crippen LogP contribution in [0.5, 0.6) is 5.75 Å². The third-order valence-corrected chi connectivity index (χ3v) is 9.25. The normalized spacial score (nSPS) is 16.7. The van der Waals surface area contributed by atoms with Gasteiger partial charge in [0.2, 0.25) is 0 Å². The Morgan fingerprint density at radius 1 is 1.04 bits per heavy atom. The maximum atomic E-state index is 14.1. The number of amides is 2. The van der Waals surface area contributed by atoms with Gasteiger partial charge < -0.3 is 25.2 Å². The average Bonchev–Trinajstić information content (AvgIpc) is 3.68. The van der Waals surface area contributed by atoms with E-state index in [-0.39, 0.29) is 25.0 Å². The second-order valence-electron chi connectivity index (χ2n) is 12.3. The van der Waals surface area contributed by atoms with E-state index in [1.54, 1.807) is 72.1 Å². The van der Waals surface area contributed by atoms with Crippen LogP contribution in [0.25, 0.3) is 0 Å². The van der Waals surface area contributed by atoms with E-state index in [2.05, 4.69) is 15.6 Å². The molecule has 1 aliphatic rings. The number of fused-ring (bicyclic) bond motifs is 1. The molecule has 0 spiro atoms. The third kappa shape index (κ3) is 7.18. The van der Waals surface area contributed by atoms with Crippen LogP contribution in [0, 0.1) is 5.92 Å². The molecule has 2 heterocycles. The van der Waals surface area contributed by atoms with Gasteiger partial charge in [-0.3, -0.25) is 14.3 Å². The van der Waals surface area contributed by atoms with E-state index in [4.69, 9.17) is 16.3 Å². The van der Waals surface area contributed by atoms with E-state index in [1.807, 2.05) is 66.9 Å². The van der Waals surface area contributed by atoms with Gasteiger partial charge in [-0.05, 0) is 72.1 Å². The molecule has 0 bridgehead atoms. The van der Waals surface area contributed by atoms with Gasteiger partial charge in [0, 0.05) is 40.5 Å². The summed E-state index contributed by atoms with van der Waals surface area (Å²) in [6.07, 6.45) is 6.15. The maximum absolute atomic E-state index is 14.1. The van der Waals surface area contributed by atoms with Gasteiger partial charge in [-0.2, -0.15) is 0 Å². The number of hydrogen-bond donors (Lipinski definition) is 3. The molecule has 4 aromatic carbocycles. The van der Waals surface area contributed by atoms with Crippen molar-refractivity contribution < 1.29 is 24.5 Å². The molecule has 0 saturated heterocycles. The Kier molecular flexibility index (Phi) is 10.4. The first-order valence-corrected chi connectivity index (χ1v) is 16.7. The number of aryl methyl sites for hydroxylation is 1. The fourth-order valence-electron chi connectivity index (χ4n) is 6.24. The molecule has 0 aliphatic carbocycles. The maximum Gasteiger partial charge on any atom is 0.264 e. The van der Waals surface area contributed by atoms with Gasteiger partial charge in [-0.25, -0.2) is 0 Å². The summed E-state index contributed by atoms with van der Waals surface area (Å²) < 4.78 is 6.89. The van der Waals surface area contributed by atoms with Crippen LogP contribution in [-0.4, -0.2) is 50.7 Å². The second kappa shape index (κ2) is 15.1. The summed E-state index contributed by atoms with van der Waals surface area (Å²) in [6.45, 7) is 2.42. The van der Waals surface area contributed by atoms with Crippen LogP contribution >= 0.6 is 11.6 Å². The van der Waals surface area contributed by atoms with Crippen molar-refractivity contribution >= 4 is 34.8 Å². The largest absolute Gasteiger partial charge is 0.497 e. The Morgan fingerprint density at radius 2 is 1.82 bits per heavy atom. The van der Waals surface area contributed by atoms with E-state index in [0.717, 1.165) is 11.1 Å².